The number of morpholine rings is 1. The molecule has 1 aromatic rings. The summed E-state index contributed by atoms with van der Waals surface area (Å²) in [6.45, 7) is 3.81. The molecule has 0 radical (unpaired) electrons. The fraction of sp³-hybridized carbons (Fsp3) is 0.632. The first kappa shape index (κ1) is 18.5. The van der Waals surface area contributed by atoms with Crippen LogP contribution in [0.4, 0.5) is 20.6 Å². The van der Waals surface area contributed by atoms with Crippen molar-refractivity contribution in [3.8, 4) is 0 Å². The smallest absolute Gasteiger partial charge is 0.414 e. The van der Waals surface area contributed by atoms with Gasteiger partial charge in [0.1, 0.15) is 11.9 Å². The molecule has 27 heavy (non-hydrogen) atoms. The van der Waals surface area contributed by atoms with Crippen LogP contribution in [-0.4, -0.2) is 64.5 Å². The average Bonchev–Trinajstić information content (AvgIpc) is 3.08. The molecule has 1 aromatic carbocycles. The van der Waals surface area contributed by atoms with E-state index in [4.69, 9.17) is 18.9 Å². The topological polar surface area (TPSA) is 60.5 Å². The number of carbonyl (C=O) groups excluding carboxylic acids is 1. The Labute approximate surface area is 157 Å². The predicted octanol–water partition coefficient (Wildman–Crippen LogP) is 2.53. The van der Waals surface area contributed by atoms with Gasteiger partial charge in [-0.1, -0.05) is 0 Å². The Morgan fingerprint density at radius 3 is 2.78 bits per heavy atom. The second-order valence-corrected chi connectivity index (χ2v) is 6.98. The van der Waals surface area contributed by atoms with Crippen molar-refractivity contribution in [2.45, 2.75) is 31.7 Å². The number of halogens is 1. The number of cyclic esters (lactones) is 1. The van der Waals surface area contributed by atoms with Crippen molar-refractivity contribution in [1.29, 1.82) is 0 Å². The van der Waals surface area contributed by atoms with Gasteiger partial charge in [-0.25, -0.2) is 9.18 Å². The van der Waals surface area contributed by atoms with Crippen molar-refractivity contribution in [3.05, 3.63) is 24.0 Å². The Hall–Kier alpha value is -1.90. The van der Waals surface area contributed by atoms with E-state index in [0.29, 0.717) is 50.8 Å². The van der Waals surface area contributed by atoms with Gasteiger partial charge in [0, 0.05) is 19.7 Å². The predicted molar refractivity (Wildman–Crippen MR) is 96.6 cm³/mol. The summed E-state index contributed by atoms with van der Waals surface area (Å²) in [5.74, 6) is -0.350. The number of benzene rings is 1. The molecule has 0 unspecified atom stereocenters. The number of rotatable bonds is 5. The molecule has 3 fully saturated rings. The molecule has 8 heteroatoms. The van der Waals surface area contributed by atoms with Crippen molar-refractivity contribution in [2.24, 2.45) is 0 Å². The fourth-order valence-corrected chi connectivity index (χ4v) is 3.60. The van der Waals surface area contributed by atoms with E-state index in [0.717, 1.165) is 19.3 Å². The molecular formula is C19H25FN2O5. The summed E-state index contributed by atoms with van der Waals surface area (Å²) in [4.78, 5) is 15.6. The Bertz CT molecular complexity index is 662. The van der Waals surface area contributed by atoms with Gasteiger partial charge in [-0.05, 0) is 37.5 Å². The highest BCUT2D eigenvalue weighted by Gasteiger charge is 2.34. The first-order chi connectivity index (χ1) is 13.2. The quantitative estimate of drug-likeness (QED) is 0.782. The molecule has 7 nitrogen and oxygen atoms in total. The Morgan fingerprint density at radius 2 is 2.04 bits per heavy atom. The lowest BCUT2D eigenvalue weighted by atomic mass is 10.2. The van der Waals surface area contributed by atoms with E-state index < -0.39 is 6.09 Å². The molecule has 148 valence electrons. The van der Waals surface area contributed by atoms with E-state index in [2.05, 4.69) is 0 Å². The van der Waals surface area contributed by atoms with Crippen LogP contribution in [0.2, 0.25) is 0 Å². The molecule has 4 rings (SSSR count). The molecule has 0 bridgehead atoms. The number of nitrogens with zero attached hydrogens (tertiary/aromatic N) is 2. The standard InChI is InChI=1S/C19H25FN2O5/c20-16-11-14(4-5-17(16)21-6-9-24-10-7-21)22-12-15(27-19(22)23)13-26-18-3-1-2-8-25-18/h4-5,11,15,18H,1-3,6-10,12-13H2/t15-,18+/m0/s1. The van der Waals surface area contributed by atoms with E-state index in [1.807, 2.05) is 4.90 Å². The minimum atomic E-state index is -0.480. The maximum atomic E-state index is 14.6. The van der Waals surface area contributed by atoms with Crippen LogP contribution in [-0.2, 0) is 18.9 Å². The van der Waals surface area contributed by atoms with Crippen molar-refractivity contribution in [3.63, 3.8) is 0 Å². The number of amides is 1. The largest absolute Gasteiger partial charge is 0.441 e. The van der Waals surface area contributed by atoms with Gasteiger partial charge in [-0.2, -0.15) is 0 Å². The number of carbonyl (C=O) groups is 1. The molecule has 3 heterocycles. The summed E-state index contributed by atoms with van der Waals surface area (Å²) in [6.07, 6.45) is 1.90. The van der Waals surface area contributed by atoms with Crippen LogP contribution < -0.4 is 9.80 Å². The second-order valence-electron chi connectivity index (χ2n) is 6.98. The van der Waals surface area contributed by atoms with Gasteiger partial charge in [-0.3, -0.25) is 4.90 Å². The number of hydrogen-bond donors (Lipinski definition) is 0. The van der Waals surface area contributed by atoms with Gasteiger partial charge in [0.05, 0.1) is 37.7 Å². The molecule has 2 atom stereocenters. The van der Waals surface area contributed by atoms with E-state index in [1.165, 1.54) is 11.0 Å². The molecule has 3 aliphatic heterocycles. The van der Waals surface area contributed by atoms with Gasteiger partial charge < -0.3 is 23.8 Å². The van der Waals surface area contributed by atoms with E-state index in [9.17, 15) is 9.18 Å². The minimum absolute atomic E-state index is 0.225. The molecule has 0 saturated carbocycles. The molecule has 3 aliphatic rings. The van der Waals surface area contributed by atoms with Crippen LogP contribution in [0.5, 0.6) is 0 Å². The number of anilines is 2. The van der Waals surface area contributed by atoms with E-state index in [-0.39, 0.29) is 24.8 Å². The first-order valence-corrected chi connectivity index (χ1v) is 9.54. The summed E-state index contributed by atoms with van der Waals surface area (Å²) in [6, 6.07) is 4.85. The maximum Gasteiger partial charge on any atom is 0.414 e. The normalized spacial score (nSPS) is 26.3. The van der Waals surface area contributed by atoms with Gasteiger partial charge in [-0.15, -0.1) is 0 Å². The van der Waals surface area contributed by atoms with Gasteiger partial charge in [0.25, 0.3) is 0 Å². The number of hydrogen-bond acceptors (Lipinski definition) is 6. The summed E-state index contributed by atoms with van der Waals surface area (Å²) in [7, 11) is 0. The zero-order valence-corrected chi connectivity index (χ0v) is 15.3. The summed E-state index contributed by atoms with van der Waals surface area (Å²) < 4.78 is 36.5. The highest BCUT2D eigenvalue weighted by Crippen LogP contribution is 2.28. The monoisotopic (exact) mass is 380 g/mol. The van der Waals surface area contributed by atoms with Crippen molar-refractivity contribution in [1.82, 2.24) is 0 Å². The Balaban J connectivity index is 1.36. The third-order valence-electron chi connectivity index (χ3n) is 5.07. The molecule has 0 aliphatic carbocycles. The summed E-state index contributed by atoms with van der Waals surface area (Å²) >= 11 is 0. The lowest BCUT2D eigenvalue weighted by Gasteiger charge is -2.29. The second kappa shape index (κ2) is 8.41. The van der Waals surface area contributed by atoms with Crippen LogP contribution in [0, 0.1) is 5.82 Å². The Kier molecular flexibility index (Phi) is 5.75. The average molecular weight is 380 g/mol. The van der Waals surface area contributed by atoms with Gasteiger partial charge >= 0.3 is 6.09 Å². The van der Waals surface area contributed by atoms with Crippen molar-refractivity contribution in [2.75, 3.05) is 55.9 Å². The molecular weight excluding hydrogens is 355 g/mol. The van der Waals surface area contributed by atoms with Gasteiger partial charge in [0.2, 0.25) is 0 Å². The van der Waals surface area contributed by atoms with Crippen LogP contribution in [0.3, 0.4) is 0 Å². The first-order valence-electron chi connectivity index (χ1n) is 9.54. The fourth-order valence-electron chi connectivity index (χ4n) is 3.60. The molecule has 3 saturated heterocycles. The van der Waals surface area contributed by atoms with Gasteiger partial charge in [0.15, 0.2) is 6.29 Å². The molecule has 1 amide bonds. The van der Waals surface area contributed by atoms with Crippen LogP contribution >= 0.6 is 0 Å². The third-order valence-corrected chi connectivity index (χ3v) is 5.07. The maximum absolute atomic E-state index is 14.6. The minimum Gasteiger partial charge on any atom is -0.441 e. The van der Waals surface area contributed by atoms with E-state index >= 15 is 0 Å². The zero-order chi connectivity index (χ0) is 18.6. The highest BCUT2D eigenvalue weighted by molar-refractivity contribution is 5.90. The lowest BCUT2D eigenvalue weighted by molar-refractivity contribution is -0.172. The SMILES string of the molecule is O=C1O[C@H](CO[C@@H]2CCCCO2)CN1c1ccc(N2CCOCC2)c(F)c1. The highest BCUT2D eigenvalue weighted by atomic mass is 19.1. The van der Waals surface area contributed by atoms with Crippen LogP contribution in [0.25, 0.3) is 0 Å². The molecule has 0 spiro atoms. The molecule has 0 N–H and O–H groups in total. The van der Waals surface area contributed by atoms with Crippen molar-refractivity contribution < 1.29 is 28.1 Å². The Morgan fingerprint density at radius 1 is 1.19 bits per heavy atom. The van der Waals surface area contributed by atoms with Crippen LogP contribution in [0.1, 0.15) is 19.3 Å². The third kappa shape index (κ3) is 4.34. The summed E-state index contributed by atoms with van der Waals surface area (Å²) in [5, 5.41) is 0. The zero-order valence-electron chi connectivity index (χ0n) is 15.3. The number of ether oxygens (including phenoxy) is 4. The van der Waals surface area contributed by atoms with Crippen molar-refractivity contribution >= 4 is 17.5 Å². The molecule has 0 aromatic heterocycles. The van der Waals surface area contributed by atoms with Crippen LogP contribution in [0.15, 0.2) is 18.2 Å². The summed E-state index contributed by atoms with van der Waals surface area (Å²) in [5.41, 5.74) is 1.02. The van der Waals surface area contributed by atoms with E-state index in [1.54, 1.807) is 12.1 Å². The lowest BCUT2D eigenvalue weighted by Crippen LogP contribution is -2.36.